The molecule has 0 spiro atoms. The molecule has 0 radical (unpaired) electrons. The van der Waals surface area contributed by atoms with Crippen molar-refractivity contribution in [3.8, 4) is 22.6 Å². The van der Waals surface area contributed by atoms with Crippen LogP contribution in [0.3, 0.4) is 0 Å². The highest BCUT2D eigenvalue weighted by Crippen LogP contribution is 2.38. The molecule has 2 N–H and O–H groups in total. The fourth-order valence-corrected chi connectivity index (χ4v) is 2.23. The van der Waals surface area contributed by atoms with Gasteiger partial charge in [-0.25, -0.2) is 0 Å². The van der Waals surface area contributed by atoms with Crippen LogP contribution < -0.4 is 0 Å². The first-order valence-corrected chi connectivity index (χ1v) is 5.76. The van der Waals surface area contributed by atoms with Crippen LogP contribution in [-0.4, -0.2) is 10.2 Å². The minimum Gasteiger partial charge on any atom is -0.507 e. The van der Waals surface area contributed by atoms with Crippen molar-refractivity contribution in [2.45, 2.75) is 0 Å². The van der Waals surface area contributed by atoms with Gasteiger partial charge in [0, 0.05) is 10.8 Å². The average Bonchev–Trinajstić information content (AvgIpc) is 2.41. The van der Waals surface area contributed by atoms with Crippen LogP contribution >= 0.6 is 0 Å². The molecular formula is C16H12O2. The molecule has 0 aliphatic rings. The summed E-state index contributed by atoms with van der Waals surface area (Å²) < 4.78 is 0. The molecule has 88 valence electrons. The lowest BCUT2D eigenvalue weighted by Crippen LogP contribution is -1.82. The molecule has 18 heavy (non-hydrogen) atoms. The van der Waals surface area contributed by atoms with E-state index >= 15 is 0 Å². The fourth-order valence-electron chi connectivity index (χ4n) is 2.23. The molecule has 3 aromatic carbocycles. The number of hydrogen-bond donors (Lipinski definition) is 2. The van der Waals surface area contributed by atoms with Crippen LogP contribution in [0.2, 0.25) is 0 Å². The minimum absolute atomic E-state index is 0.181. The third kappa shape index (κ3) is 1.59. The number of hydrogen-bond acceptors (Lipinski definition) is 2. The van der Waals surface area contributed by atoms with Gasteiger partial charge in [0.2, 0.25) is 0 Å². The summed E-state index contributed by atoms with van der Waals surface area (Å²) in [6.45, 7) is 0. The lowest BCUT2D eigenvalue weighted by atomic mass is 9.97. The Morgan fingerprint density at radius 2 is 1.39 bits per heavy atom. The largest absolute Gasteiger partial charge is 0.507 e. The number of aromatic hydroxyl groups is 2. The van der Waals surface area contributed by atoms with Crippen LogP contribution in [0.25, 0.3) is 21.9 Å². The average molecular weight is 236 g/mol. The van der Waals surface area contributed by atoms with Crippen LogP contribution in [0, 0.1) is 0 Å². The second-order valence-corrected chi connectivity index (χ2v) is 4.20. The molecule has 0 aromatic heterocycles. The van der Waals surface area contributed by atoms with Crippen molar-refractivity contribution in [2.24, 2.45) is 0 Å². The normalized spacial score (nSPS) is 10.7. The van der Waals surface area contributed by atoms with Crippen molar-refractivity contribution in [2.75, 3.05) is 0 Å². The lowest BCUT2D eigenvalue weighted by Gasteiger charge is -2.10. The minimum atomic E-state index is 0.181. The molecule has 0 atom stereocenters. The number of benzene rings is 3. The summed E-state index contributed by atoms with van der Waals surface area (Å²) in [5.41, 5.74) is 1.94. The van der Waals surface area contributed by atoms with Crippen molar-refractivity contribution in [3.63, 3.8) is 0 Å². The van der Waals surface area contributed by atoms with E-state index in [1.165, 1.54) is 0 Å². The lowest BCUT2D eigenvalue weighted by molar-refractivity contribution is 0.476. The standard InChI is InChI=1S/C16H12O2/c17-14-10-9-12(11-5-2-1-3-6-11)16-13(14)7-4-8-15(16)18/h1-10,17-18H. The Labute approximate surface area is 105 Å². The molecule has 0 fully saturated rings. The van der Waals surface area contributed by atoms with Gasteiger partial charge < -0.3 is 10.2 Å². The van der Waals surface area contributed by atoms with E-state index < -0.39 is 0 Å². The quantitative estimate of drug-likeness (QED) is 0.672. The molecule has 0 aliphatic heterocycles. The van der Waals surface area contributed by atoms with Crippen molar-refractivity contribution >= 4 is 10.8 Å². The van der Waals surface area contributed by atoms with Crippen molar-refractivity contribution in [3.05, 3.63) is 60.7 Å². The summed E-state index contributed by atoms with van der Waals surface area (Å²) >= 11 is 0. The number of phenolic OH excluding ortho intramolecular Hbond substituents is 2. The predicted molar refractivity (Wildman–Crippen MR) is 72.7 cm³/mol. The Balaban J connectivity index is 2.41. The van der Waals surface area contributed by atoms with Crippen LogP contribution in [0.15, 0.2) is 60.7 Å². The molecule has 0 heterocycles. The highest BCUT2D eigenvalue weighted by molar-refractivity contribution is 6.03. The summed E-state index contributed by atoms with van der Waals surface area (Å²) in [6, 6.07) is 18.5. The van der Waals surface area contributed by atoms with Gasteiger partial charge in [0.15, 0.2) is 0 Å². The molecule has 0 bridgehead atoms. The van der Waals surface area contributed by atoms with E-state index in [0.29, 0.717) is 10.8 Å². The molecule has 2 nitrogen and oxygen atoms in total. The molecule has 0 saturated heterocycles. The summed E-state index contributed by atoms with van der Waals surface area (Å²) in [4.78, 5) is 0. The first-order chi connectivity index (χ1) is 8.77. The maximum atomic E-state index is 10.0. The van der Waals surface area contributed by atoms with Crippen molar-refractivity contribution < 1.29 is 10.2 Å². The second kappa shape index (κ2) is 4.08. The predicted octanol–water partition coefficient (Wildman–Crippen LogP) is 3.92. The van der Waals surface area contributed by atoms with Crippen LogP contribution in [0.5, 0.6) is 11.5 Å². The van der Waals surface area contributed by atoms with E-state index in [4.69, 9.17) is 0 Å². The third-order valence-corrected chi connectivity index (χ3v) is 3.08. The number of rotatable bonds is 1. The fraction of sp³-hybridized carbons (Fsp3) is 0. The molecule has 0 saturated carbocycles. The Bertz CT molecular complexity index is 703. The Morgan fingerprint density at radius 3 is 2.17 bits per heavy atom. The zero-order chi connectivity index (χ0) is 12.5. The monoisotopic (exact) mass is 236 g/mol. The van der Waals surface area contributed by atoms with Gasteiger partial charge in [0.05, 0.1) is 0 Å². The summed E-state index contributed by atoms with van der Waals surface area (Å²) in [5, 5.41) is 21.2. The molecule has 3 aromatic rings. The second-order valence-electron chi connectivity index (χ2n) is 4.20. The van der Waals surface area contributed by atoms with Crippen LogP contribution in [0.1, 0.15) is 0 Å². The van der Waals surface area contributed by atoms with E-state index in [0.717, 1.165) is 11.1 Å². The van der Waals surface area contributed by atoms with Crippen molar-refractivity contribution in [1.29, 1.82) is 0 Å². The molecule has 3 rings (SSSR count). The topological polar surface area (TPSA) is 40.5 Å². The third-order valence-electron chi connectivity index (χ3n) is 3.08. The van der Waals surface area contributed by atoms with Gasteiger partial charge in [-0.05, 0) is 29.3 Å². The summed E-state index contributed by atoms with van der Waals surface area (Å²) in [5.74, 6) is 0.364. The van der Waals surface area contributed by atoms with Gasteiger partial charge in [-0.15, -0.1) is 0 Å². The zero-order valence-electron chi connectivity index (χ0n) is 9.67. The van der Waals surface area contributed by atoms with Crippen molar-refractivity contribution in [1.82, 2.24) is 0 Å². The highest BCUT2D eigenvalue weighted by atomic mass is 16.3. The van der Waals surface area contributed by atoms with E-state index in [-0.39, 0.29) is 11.5 Å². The van der Waals surface area contributed by atoms with Crippen LogP contribution in [-0.2, 0) is 0 Å². The van der Waals surface area contributed by atoms with E-state index in [9.17, 15) is 10.2 Å². The summed E-state index contributed by atoms with van der Waals surface area (Å²) in [6.07, 6.45) is 0. The van der Waals surface area contributed by atoms with Crippen LogP contribution in [0.4, 0.5) is 0 Å². The maximum Gasteiger partial charge on any atom is 0.124 e. The van der Waals surface area contributed by atoms with E-state index in [1.807, 2.05) is 36.4 Å². The Morgan fingerprint density at radius 1 is 0.611 bits per heavy atom. The van der Waals surface area contributed by atoms with Gasteiger partial charge in [0.25, 0.3) is 0 Å². The summed E-state index contributed by atoms with van der Waals surface area (Å²) in [7, 11) is 0. The van der Waals surface area contributed by atoms with Gasteiger partial charge in [0.1, 0.15) is 11.5 Å². The van der Waals surface area contributed by atoms with Gasteiger partial charge in [-0.3, -0.25) is 0 Å². The van der Waals surface area contributed by atoms with E-state index in [1.54, 1.807) is 24.3 Å². The Hall–Kier alpha value is -2.48. The highest BCUT2D eigenvalue weighted by Gasteiger charge is 2.10. The molecule has 0 aliphatic carbocycles. The Kier molecular flexibility index (Phi) is 2.41. The smallest absolute Gasteiger partial charge is 0.124 e. The van der Waals surface area contributed by atoms with E-state index in [2.05, 4.69) is 0 Å². The molecular weight excluding hydrogens is 224 g/mol. The number of fused-ring (bicyclic) bond motifs is 1. The van der Waals surface area contributed by atoms with Gasteiger partial charge in [-0.2, -0.15) is 0 Å². The molecule has 0 unspecified atom stereocenters. The van der Waals surface area contributed by atoms with Gasteiger partial charge in [-0.1, -0.05) is 42.5 Å². The van der Waals surface area contributed by atoms with Gasteiger partial charge >= 0.3 is 0 Å². The molecule has 0 amide bonds. The first kappa shape index (κ1) is 10.7. The SMILES string of the molecule is Oc1ccc(-c2ccccc2)c2c(O)cccc12. The first-order valence-electron chi connectivity index (χ1n) is 5.76. The maximum absolute atomic E-state index is 10.0. The number of phenols is 2. The molecule has 2 heteroatoms. The zero-order valence-corrected chi connectivity index (χ0v) is 9.67.